The minimum absolute atomic E-state index is 0.223. The van der Waals surface area contributed by atoms with E-state index in [1.54, 1.807) is 18.2 Å². The third-order valence-electron chi connectivity index (χ3n) is 3.10. The number of nitrogens with one attached hydrogen (secondary N) is 1. The van der Waals surface area contributed by atoms with Crippen molar-refractivity contribution in [3.63, 3.8) is 0 Å². The van der Waals surface area contributed by atoms with Crippen LogP contribution >= 0.6 is 23.2 Å². The van der Waals surface area contributed by atoms with E-state index in [-0.39, 0.29) is 12.5 Å². The Hall–Kier alpha value is -1.97. The fourth-order valence-electron chi connectivity index (χ4n) is 2.04. The average molecular weight is 320 g/mol. The van der Waals surface area contributed by atoms with Gasteiger partial charge in [0.2, 0.25) is 0 Å². The first-order valence-corrected chi connectivity index (χ1v) is 7.08. The van der Waals surface area contributed by atoms with Crippen LogP contribution in [0.15, 0.2) is 48.0 Å². The largest absolute Gasteiger partial charge is 0.488 e. The maximum atomic E-state index is 12.3. The molecule has 0 saturated heterocycles. The van der Waals surface area contributed by atoms with Gasteiger partial charge in [-0.05, 0) is 30.3 Å². The van der Waals surface area contributed by atoms with Gasteiger partial charge < -0.3 is 10.1 Å². The van der Waals surface area contributed by atoms with E-state index in [1.807, 2.05) is 30.3 Å². The Morgan fingerprint density at radius 2 is 1.95 bits per heavy atom. The van der Waals surface area contributed by atoms with Crippen molar-refractivity contribution in [2.45, 2.75) is 0 Å². The van der Waals surface area contributed by atoms with E-state index < -0.39 is 0 Å². The first kappa shape index (κ1) is 14.0. The molecule has 0 bridgehead atoms. The highest BCUT2D eigenvalue weighted by Crippen LogP contribution is 2.28. The van der Waals surface area contributed by atoms with Crippen LogP contribution in [0.3, 0.4) is 0 Å². The van der Waals surface area contributed by atoms with Gasteiger partial charge in [0.25, 0.3) is 5.91 Å². The smallest absolute Gasteiger partial charge is 0.255 e. The van der Waals surface area contributed by atoms with E-state index in [0.717, 1.165) is 11.3 Å². The molecule has 3 nitrogen and oxygen atoms in total. The summed E-state index contributed by atoms with van der Waals surface area (Å²) in [5, 5.41) is 3.69. The Labute approximate surface area is 132 Å². The average Bonchev–Trinajstić information content (AvgIpc) is 2.50. The fraction of sp³-hybridized carbons (Fsp3) is 0.0625. The van der Waals surface area contributed by atoms with Crippen molar-refractivity contribution in [3.05, 3.63) is 63.6 Å². The van der Waals surface area contributed by atoms with Crippen molar-refractivity contribution in [3.8, 4) is 5.75 Å². The van der Waals surface area contributed by atoms with E-state index in [9.17, 15) is 4.79 Å². The Bertz CT molecular complexity index is 741. The number of para-hydroxylation sites is 1. The molecule has 0 saturated carbocycles. The second-order valence-electron chi connectivity index (χ2n) is 4.57. The Kier molecular flexibility index (Phi) is 3.86. The van der Waals surface area contributed by atoms with Gasteiger partial charge in [-0.3, -0.25) is 4.79 Å². The Morgan fingerprint density at radius 3 is 2.81 bits per heavy atom. The summed E-state index contributed by atoms with van der Waals surface area (Å²) >= 11 is 11.9. The van der Waals surface area contributed by atoms with Crippen LogP contribution in [0.5, 0.6) is 5.75 Å². The van der Waals surface area contributed by atoms with E-state index in [1.165, 1.54) is 0 Å². The summed E-state index contributed by atoms with van der Waals surface area (Å²) in [6, 6.07) is 12.5. The van der Waals surface area contributed by atoms with Crippen molar-refractivity contribution in [2.75, 3.05) is 11.9 Å². The van der Waals surface area contributed by atoms with Gasteiger partial charge in [-0.15, -0.1) is 0 Å². The van der Waals surface area contributed by atoms with Gasteiger partial charge in [0.05, 0.1) is 16.3 Å². The molecule has 106 valence electrons. The quantitative estimate of drug-likeness (QED) is 0.890. The number of fused-ring (bicyclic) bond motifs is 1. The van der Waals surface area contributed by atoms with Gasteiger partial charge in [-0.1, -0.05) is 41.4 Å². The van der Waals surface area contributed by atoms with Crippen molar-refractivity contribution in [1.82, 2.24) is 0 Å². The van der Waals surface area contributed by atoms with Gasteiger partial charge in [-0.2, -0.15) is 0 Å². The number of hydrogen-bond acceptors (Lipinski definition) is 2. The van der Waals surface area contributed by atoms with Crippen molar-refractivity contribution in [1.29, 1.82) is 0 Å². The summed E-state index contributed by atoms with van der Waals surface area (Å²) in [5.74, 6) is 0.517. The zero-order valence-corrected chi connectivity index (χ0v) is 12.4. The van der Waals surface area contributed by atoms with Crippen LogP contribution in [0.2, 0.25) is 10.0 Å². The van der Waals surface area contributed by atoms with E-state index >= 15 is 0 Å². The predicted molar refractivity (Wildman–Crippen MR) is 85.0 cm³/mol. The van der Waals surface area contributed by atoms with Gasteiger partial charge >= 0.3 is 0 Å². The molecule has 0 unspecified atom stereocenters. The lowest BCUT2D eigenvalue weighted by molar-refractivity contribution is -0.113. The fourth-order valence-corrected chi connectivity index (χ4v) is 2.38. The molecule has 0 atom stereocenters. The molecule has 0 aliphatic carbocycles. The number of benzene rings is 2. The number of anilines is 1. The molecule has 5 heteroatoms. The SMILES string of the molecule is O=C(Nc1cc(Cl)ccc1Cl)C1=Cc2ccccc2OC1. The predicted octanol–water partition coefficient (Wildman–Crippen LogP) is 4.41. The summed E-state index contributed by atoms with van der Waals surface area (Å²) in [4.78, 5) is 12.3. The first-order valence-electron chi connectivity index (χ1n) is 6.32. The van der Waals surface area contributed by atoms with Crippen LogP contribution < -0.4 is 10.1 Å². The van der Waals surface area contributed by atoms with Gasteiger partial charge in [0, 0.05) is 10.6 Å². The van der Waals surface area contributed by atoms with Gasteiger partial charge in [0.15, 0.2) is 0 Å². The molecule has 0 aromatic heterocycles. The van der Waals surface area contributed by atoms with E-state index in [2.05, 4.69) is 5.32 Å². The van der Waals surface area contributed by atoms with E-state index in [0.29, 0.717) is 21.3 Å². The van der Waals surface area contributed by atoms with Crippen LogP contribution in [0, 0.1) is 0 Å². The van der Waals surface area contributed by atoms with Crippen molar-refractivity contribution in [2.24, 2.45) is 0 Å². The molecular weight excluding hydrogens is 309 g/mol. The molecule has 0 fully saturated rings. The Morgan fingerprint density at radius 1 is 1.14 bits per heavy atom. The Balaban J connectivity index is 1.84. The lowest BCUT2D eigenvalue weighted by atomic mass is 10.1. The van der Waals surface area contributed by atoms with Crippen molar-refractivity contribution >= 4 is 40.9 Å². The van der Waals surface area contributed by atoms with Crippen LogP contribution in [0.4, 0.5) is 5.69 Å². The minimum atomic E-state index is -0.256. The molecule has 1 aliphatic heterocycles. The zero-order chi connectivity index (χ0) is 14.8. The van der Waals surface area contributed by atoms with Crippen LogP contribution in [-0.2, 0) is 4.79 Å². The highest BCUT2D eigenvalue weighted by molar-refractivity contribution is 6.36. The second kappa shape index (κ2) is 5.80. The molecule has 3 rings (SSSR count). The zero-order valence-electron chi connectivity index (χ0n) is 10.9. The number of ether oxygens (including phenoxy) is 1. The summed E-state index contributed by atoms with van der Waals surface area (Å²) in [6.07, 6.45) is 1.81. The van der Waals surface area contributed by atoms with Crippen molar-refractivity contribution < 1.29 is 9.53 Å². The molecule has 0 radical (unpaired) electrons. The molecule has 0 spiro atoms. The van der Waals surface area contributed by atoms with Crippen LogP contribution in [0.25, 0.3) is 6.08 Å². The molecule has 2 aromatic rings. The van der Waals surface area contributed by atoms with Crippen LogP contribution in [0.1, 0.15) is 5.56 Å². The minimum Gasteiger partial charge on any atom is -0.488 e. The molecular formula is C16H11Cl2NO2. The number of hydrogen-bond donors (Lipinski definition) is 1. The summed E-state index contributed by atoms with van der Waals surface area (Å²) < 4.78 is 5.56. The van der Waals surface area contributed by atoms with Crippen LogP contribution in [-0.4, -0.2) is 12.5 Å². The summed E-state index contributed by atoms with van der Waals surface area (Å²) in [7, 11) is 0. The first-order chi connectivity index (χ1) is 10.1. The number of rotatable bonds is 2. The molecule has 2 aromatic carbocycles. The molecule has 1 amide bonds. The maximum absolute atomic E-state index is 12.3. The number of halogens is 2. The maximum Gasteiger partial charge on any atom is 0.255 e. The highest BCUT2D eigenvalue weighted by Gasteiger charge is 2.17. The topological polar surface area (TPSA) is 38.3 Å². The third kappa shape index (κ3) is 3.04. The third-order valence-corrected chi connectivity index (χ3v) is 3.66. The van der Waals surface area contributed by atoms with Gasteiger partial charge in [0.1, 0.15) is 12.4 Å². The number of amides is 1. The van der Waals surface area contributed by atoms with Gasteiger partial charge in [-0.25, -0.2) is 0 Å². The molecule has 1 heterocycles. The molecule has 1 N–H and O–H groups in total. The summed E-state index contributed by atoms with van der Waals surface area (Å²) in [6.45, 7) is 0.223. The highest BCUT2D eigenvalue weighted by atomic mass is 35.5. The normalized spacial score (nSPS) is 13.0. The lowest BCUT2D eigenvalue weighted by Gasteiger charge is -2.17. The number of carbonyl (C=O) groups is 1. The summed E-state index contributed by atoms with van der Waals surface area (Å²) in [5.41, 5.74) is 1.89. The van der Waals surface area contributed by atoms with E-state index in [4.69, 9.17) is 27.9 Å². The standard InChI is InChI=1S/C16H11Cl2NO2/c17-12-5-6-13(18)14(8-12)19-16(20)11-7-10-3-1-2-4-15(10)21-9-11/h1-8H,9H2,(H,19,20). The molecule has 1 aliphatic rings. The second-order valence-corrected chi connectivity index (χ2v) is 5.42. The monoisotopic (exact) mass is 319 g/mol. The number of carbonyl (C=O) groups excluding carboxylic acids is 1. The molecule has 21 heavy (non-hydrogen) atoms. The lowest BCUT2D eigenvalue weighted by Crippen LogP contribution is -2.21.